The highest BCUT2D eigenvalue weighted by Gasteiger charge is 2.33. The number of halogens is 2. The lowest BCUT2D eigenvalue weighted by molar-refractivity contribution is 0.0961. The Morgan fingerprint density at radius 1 is 1.09 bits per heavy atom. The molecule has 0 unspecified atom stereocenters. The van der Waals surface area contributed by atoms with E-state index >= 15 is 4.39 Å². The molecule has 0 aromatic heterocycles. The highest BCUT2D eigenvalue weighted by atomic mass is 79.9. The number of amidine groups is 1. The summed E-state index contributed by atoms with van der Waals surface area (Å²) >= 11 is 0. The Bertz CT molecular complexity index is 1090. The van der Waals surface area contributed by atoms with Crippen LogP contribution < -0.4 is 18.9 Å². The molecule has 0 radical (unpaired) electrons. The molecule has 1 N–H and O–H groups in total. The lowest BCUT2D eigenvalue weighted by atomic mass is 10.0. The number of rotatable bonds is 11. The van der Waals surface area contributed by atoms with Crippen LogP contribution >= 0.6 is 17.0 Å². The van der Waals surface area contributed by atoms with Gasteiger partial charge in [-0.3, -0.25) is 10.2 Å². The third kappa shape index (κ3) is 5.89. The monoisotopic (exact) mass is 552 g/mol. The predicted molar refractivity (Wildman–Crippen MR) is 139 cm³/mol. The van der Waals surface area contributed by atoms with Crippen LogP contribution in [-0.4, -0.2) is 50.5 Å². The Morgan fingerprint density at radius 2 is 1.77 bits per heavy atom. The molecule has 2 aromatic rings. The molecule has 0 bridgehead atoms. The van der Waals surface area contributed by atoms with Crippen LogP contribution in [0.4, 0.5) is 4.39 Å². The Hall–Kier alpha value is -2.81. The number of carbonyl (C=O) groups excluding carboxylic acids is 1. The first-order valence-electron chi connectivity index (χ1n) is 11.4. The SMILES string of the molecule is Br.CCCCc1cc(C(=O)CN2Cc3cc(OC)c(OC)c(F)c3C2=N)cc(OC(C)C)c1OC. The van der Waals surface area contributed by atoms with Crippen molar-refractivity contribution in [1.29, 1.82) is 5.41 Å². The van der Waals surface area contributed by atoms with Crippen molar-refractivity contribution >= 4 is 28.6 Å². The fraction of sp³-hybridized carbons (Fsp3) is 0.462. The van der Waals surface area contributed by atoms with E-state index in [4.69, 9.17) is 24.4 Å². The van der Waals surface area contributed by atoms with Crippen molar-refractivity contribution in [2.75, 3.05) is 27.9 Å². The van der Waals surface area contributed by atoms with Crippen LogP contribution in [0, 0.1) is 11.2 Å². The molecule has 1 heterocycles. The van der Waals surface area contributed by atoms with Gasteiger partial charge in [0.1, 0.15) is 5.84 Å². The molecular formula is C26H34BrFN2O5. The van der Waals surface area contributed by atoms with E-state index in [9.17, 15) is 4.79 Å². The minimum Gasteiger partial charge on any atom is -0.493 e. The van der Waals surface area contributed by atoms with Crippen LogP contribution in [0.15, 0.2) is 18.2 Å². The average Bonchev–Trinajstić information content (AvgIpc) is 3.11. The van der Waals surface area contributed by atoms with Crippen molar-refractivity contribution < 1.29 is 28.1 Å². The third-order valence-corrected chi connectivity index (χ3v) is 5.76. The Labute approximate surface area is 216 Å². The smallest absolute Gasteiger partial charge is 0.197 e. The van der Waals surface area contributed by atoms with Gasteiger partial charge in [-0.2, -0.15) is 0 Å². The zero-order valence-electron chi connectivity index (χ0n) is 21.1. The zero-order valence-corrected chi connectivity index (χ0v) is 22.8. The molecule has 0 amide bonds. The summed E-state index contributed by atoms with van der Waals surface area (Å²) in [5.74, 6) is 0.467. The second-order valence-electron chi connectivity index (χ2n) is 8.52. The largest absolute Gasteiger partial charge is 0.493 e. The number of methoxy groups -OCH3 is 3. The number of ketones is 1. The molecule has 192 valence electrons. The van der Waals surface area contributed by atoms with Crippen LogP contribution in [0.3, 0.4) is 0 Å². The lowest BCUT2D eigenvalue weighted by Gasteiger charge is -2.20. The minimum absolute atomic E-state index is 0. The van der Waals surface area contributed by atoms with Crippen molar-refractivity contribution in [3.05, 3.63) is 46.3 Å². The number of aryl methyl sites for hydroxylation is 1. The molecule has 0 saturated carbocycles. The maximum atomic E-state index is 15.0. The molecule has 3 rings (SSSR count). The summed E-state index contributed by atoms with van der Waals surface area (Å²) in [6, 6.07) is 5.18. The molecule has 1 aliphatic rings. The number of unbranched alkanes of at least 4 members (excludes halogenated alkanes) is 1. The Morgan fingerprint density at radius 3 is 2.34 bits per heavy atom. The summed E-state index contributed by atoms with van der Waals surface area (Å²) in [5.41, 5.74) is 2.09. The van der Waals surface area contributed by atoms with Crippen molar-refractivity contribution in [2.45, 2.75) is 52.7 Å². The zero-order chi connectivity index (χ0) is 25.0. The number of nitrogens with one attached hydrogen (secondary N) is 1. The quantitative estimate of drug-likeness (QED) is 0.366. The number of nitrogens with zero attached hydrogens (tertiary/aromatic N) is 1. The van der Waals surface area contributed by atoms with Gasteiger partial charge in [-0.05, 0) is 56.0 Å². The molecular weight excluding hydrogens is 519 g/mol. The van der Waals surface area contributed by atoms with Crippen LogP contribution in [0.5, 0.6) is 23.0 Å². The van der Waals surface area contributed by atoms with E-state index < -0.39 is 5.82 Å². The molecule has 7 nitrogen and oxygen atoms in total. The van der Waals surface area contributed by atoms with Crippen molar-refractivity contribution in [2.24, 2.45) is 0 Å². The van der Waals surface area contributed by atoms with E-state index in [1.807, 2.05) is 19.9 Å². The highest BCUT2D eigenvalue weighted by Crippen LogP contribution is 2.39. The normalized spacial score (nSPS) is 12.3. The second kappa shape index (κ2) is 12.2. The Balaban J connectivity index is 0.00000432. The molecule has 0 saturated heterocycles. The first kappa shape index (κ1) is 28.4. The van der Waals surface area contributed by atoms with Crippen LogP contribution in [0.1, 0.15) is 60.7 Å². The van der Waals surface area contributed by atoms with Gasteiger partial charge in [0.25, 0.3) is 0 Å². The maximum Gasteiger partial charge on any atom is 0.197 e. The van der Waals surface area contributed by atoms with E-state index in [2.05, 4.69) is 6.92 Å². The predicted octanol–water partition coefficient (Wildman–Crippen LogP) is 5.58. The van der Waals surface area contributed by atoms with E-state index in [1.165, 1.54) is 14.2 Å². The summed E-state index contributed by atoms with van der Waals surface area (Å²) in [5, 5.41) is 8.51. The van der Waals surface area contributed by atoms with Gasteiger partial charge in [0.15, 0.2) is 34.6 Å². The lowest BCUT2D eigenvalue weighted by Crippen LogP contribution is -2.30. The number of benzene rings is 2. The number of hydrogen-bond donors (Lipinski definition) is 1. The standard InChI is InChI=1S/C26H33FN2O5.BrH/c1-7-8-9-16-10-17(11-21(24(16)32-5)34-15(2)3)19(30)14-29-13-18-12-20(31-4)25(33-6)23(27)22(18)26(29)28;/h10-12,15,28H,7-9,13-14H2,1-6H3;1H. The van der Waals surface area contributed by atoms with Gasteiger partial charge in [-0.25, -0.2) is 4.39 Å². The molecule has 0 atom stereocenters. The van der Waals surface area contributed by atoms with Gasteiger partial charge in [-0.1, -0.05) is 13.3 Å². The minimum atomic E-state index is -0.657. The molecule has 0 aliphatic carbocycles. The van der Waals surface area contributed by atoms with Gasteiger partial charge in [0.05, 0.1) is 39.5 Å². The van der Waals surface area contributed by atoms with E-state index in [-0.39, 0.29) is 64.9 Å². The van der Waals surface area contributed by atoms with Crippen molar-refractivity contribution in [3.63, 3.8) is 0 Å². The summed E-state index contributed by atoms with van der Waals surface area (Å²) in [6.45, 7) is 6.09. The van der Waals surface area contributed by atoms with Crippen LogP contribution in [0.25, 0.3) is 0 Å². The van der Waals surface area contributed by atoms with Gasteiger partial charge in [0.2, 0.25) is 0 Å². The van der Waals surface area contributed by atoms with Gasteiger partial charge >= 0.3 is 0 Å². The second-order valence-corrected chi connectivity index (χ2v) is 8.52. The fourth-order valence-electron chi connectivity index (χ4n) is 4.17. The summed E-state index contributed by atoms with van der Waals surface area (Å²) in [4.78, 5) is 14.9. The summed E-state index contributed by atoms with van der Waals surface area (Å²) in [7, 11) is 4.38. The van der Waals surface area contributed by atoms with Gasteiger partial charge < -0.3 is 23.8 Å². The first-order valence-corrected chi connectivity index (χ1v) is 11.4. The maximum absolute atomic E-state index is 15.0. The molecule has 1 aliphatic heterocycles. The van der Waals surface area contributed by atoms with Crippen molar-refractivity contribution in [3.8, 4) is 23.0 Å². The summed E-state index contributed by atoms with van der Waals surface area (Å²) < 4.78 is 37.0. The van der Waals surface area contributed by atoms with Crippen LogP contribution in [-0.2, 0) is 13.0 Å². The Kier molecular flexibility index (Phi) is 9.94. The molecule has 0 fully saturated rings. The van der Waals surface area contributed by atoms with E-state index in [0.717, 1.165) is 24.8 Å². The summed E-state index contributed by atoms with van der Waals surface area (Å²) in [6.07, 6.45) is 2.62. The number of fused-ring (bicyclic) bond motifs is 1. The number of hydrogen-bond acceptors (Lipinski definition) is 6. The molecule has 0 spiro atoms. The highest BCUT2D eigenvalue weighted by molar-refractivity contribution is 8.93. The number of carbonyl (C=O) groups is 1. The van der Waals surface area contributed by atoms with Crippen LogP contribution in [0.2, 0.25) is 0 Å². The van der Waals surface area contributed by atoms with Crippen molar-refractivity contribution in [1.82, 2.24) is 4.90 Å². The van der Waals surface area contributed by atoms with Gasteiger partial charge in [-0.15, -0.1) is 17.0 Å². The van der Waals surface area contributed by atoms with E-state index in [1.54, 1.807) is 24.1 Å². The molecule has 9 heteroatoms. The van der Waals surface area contributed by atoms with Gasteiger partial charge in [0, 0.05) is 12.1 Å². The van der Waals surface area contributed by atoms with E-state index in [0.29, 0.717) is 22.6 Å². The number of Topliss-reactive ketones (excluding diaryl/α,β-unsaturated/α-hetero) is 1. The first-order chi connectivity index (χ1) is 16.2. The number of ether oxygens (including phenoxy) is 4. The fourth-order valence-corrected chi connectivity index (χ4v) is 4.17. The third-order valence-electron chi connectivity index (χ3n) is 5.76. The average molecular weight is 553 g/mol. The molecule has 2 aromatic carbocycles. The molecule has 35 heavy (non-hydrogen) atoms. The topological polar surface area (TPSA) is 81.1 Å².